The second-order valence-corrected chi connectivity index (χ2v) is 8.94. The van der Waals surface area contributed by atoms with Crippen LogP contribution < -0.4 is 9.47 Å². The molecule has 0 aliphatic rings. The summed E-state index contributed by atoms with van der Waals surface area (Å²) >= 11 is 0. The average molecular weight is 539 g/mol. The van der Waals surface area contributed by atoms with Gasteiger partial charge in [-0.3, -0.25) is 9.59 Å². The maximum atomic E-state index is 13.6. The van der Waals surface area contributed by atoms with E-state index in [2.05, 4.69) is 0 Å². The molecule has 0 aromatic heterocycles. The Balaban J connectivity index is 1.76. The zero-order valence-corrected chi connectivity index (χ0v) is 21.4. The van der Waals surface area contributed by atoms with Gasteiger partial charge >= 0.3 is 11.9 Å². The highest BCUT2D eigenvalue weighted by Gasteiger charge is 2.25. The summed E-state index contributed by atoms with van der Waals surface area (Å²) in [5, 5.41) is 18.0. The Morgan fingerprint density at radius 3 is 1.62 bits per heavy atom. The molecule has 8 nitrogen and oxygen atoms in total. The van der Waals surface area contributed by atoms with Gasteiger partial charge in [0.1, 0.15) is 11.5 Å². The molecule has 4 aromatic rings. The number of rotatable bonds is 13. The van der Waals surface area contributed by atoms with Gasteiger partial charge in [0.05, 0.1) is 0 Å². The molecule has 0 saturated heterocycles. The summed E-state index contributed by atoms with van der Waals surface area (Å²) in [7, 11) is 0. The molecule has 0 bridgehead atoms. The molecule has 202 valence electrons. The van der Waals surface area contributed by atoms with E-state index in [0.717, 1.165) is 11.1 Å². The standard InChI is InChI=1S/C32H26O8/c33-29(34)19-39-24-13-11-23(12-14-24)31(37)32(38)25-15-16-28(40-20-30(35)36)27(18-22-9-5-2-6-10-22)26(25)17-21-7-3-1-4-8-21/h1-16H,17-20H2,(H,33,34)(H,35,36). The largest absolute Gasteiger partial charge is 0.482 e. The molecule has 0 aliphatic carbocycles. The highest BCUT2D eigenvalue weighted by atomic mass is 16.5. The number of carboxylic acid groups (broad SMARTS) is 2. The molecule has 4 aromatic carbocycles. The fourth-order valence-electron chi connectivity index (χ4n) is 4.26. The van der Waals surface area contributed by atoms with Crippen LogP contribution in [0.15, 0.2) is 97.1 Å². The van der Waals surface area contributed by atoms with E-state index in [1.165, 1.54) is 36.4 Å². The number of ketones is 2. The van der Waals surface area contributed by atoms with Crippen LogP contribution in [0.2, 0.25) is 0 Å². The second-order valence-electron chi connectivity index (χ2n) is 8.94. The van der Waals surface area contributed by atoms with Crippen molar-refractivity contribution in [2.24, 2.45) is 0 Å². The molecule has 2 N–H and O–H groups in total. The quantitative estimate of drug-likeness (QED) is 0.183. The fourth-order valence-corrected chi connectivity index (χ4v) is 4.26. The molecular weight excluding hydrogens is 512 g/mol. The maximum absolute atomic E-state index is 13.6. The summed E-state index contributed by atoms with van der Waals surface area (Å²) in [6.07, 6.45) is 0.659. The molecule has 0 radical (unpaired) electrons. The smallest absolute Gasteiger partial charge is 0.341 e. The monoisotopic (exact) mass is 538 g/mol. The van der Waals surface area contributed by atoms with Crippen molar-refractivity contribution in [1.29, 1.82) is 0 Å². The third-order valence-corrected chi connectivity index (χ3v) is 6.12. The molecule has 0 fully saturated rings. The van der Waals surface area contributed by atoms with Gasteiger partial charge < -0.3 is 19.7 Å². The number of hydrogen-bond donors (Lipinski definition) is 2. The Morgan fingerprint density at radius 2 is 1.07 bits per heavy atom. The van der Waals surface area contributed by atoms with E-state index in [1.54, 1.807) is 0 Å². The van der Waals surface area contributed by atoms with Gasteiger partial charge in [-0.1, -0.05) is 60.7 Å². The van der Waals surface area contributed by atoms with Gasteiger partial charge in [0.2, 0.25) is 11.6 Å². The Kier molecular flexibility index (Phi) is 9.04. The molecule has 8 heteroatoms. The van der Waals surface area contributed by atoms with Crippen molar-refractivity contribution in [2.45, 2.75) is 12.8 Å². The van der Waals surface area contributed by atoms with Gasteiger partial charge in [0.15, 0.2) is 13.2 Å². The number of hydrogen-bond acceptors (Lipinski definition) is 6. The Bertz CT molecular complexity index is 1510. The molecule has 0 heterocycles. The van der Waals surface area contributed by atoms with Crippen molar-refractivity contribution in [2.75, 3.05) is 13.2 Å². The summed E-state index contributed by atoms with van der Waals surface area (Å²) in [6.45, 7) is -1.09. The normalized spacial score (nSPS) is 10.5. The van der Waals surface area contributed by atoms with Crippen LogP contribution in [0, 0.1) is 0 Å². The van der Waals surface area contributed by atoms with Crippen molar-refractivity contribution in [1.82, 2.24) is 0 Å². The lowest BCUT2D eigenvalue weighted by molar-refractivity contribution is -0.140. The zero-order valence-electron chi connectivity index (χ0n) is 21.4. The van der Waals surface area contributed by atoms with E-state index in [9.17, 15) is 24.3 Å². The first-order valence-corrected chi connectivity index (χ1v) is 12.4. The van der Waals surface area contributed by atoms with Crippen LogP contribution in [0.1, 0.15) is 43.0 Å². The van der Waals surface area contributed by atoms with Crippen LogP contribution in [-0.4, -0.2) is 46.9 Å². The molecule has 0 saturated carbocycles. The third-order valence-electron chi connectivity index (χ3n) is 6.12. The van der Waals surface area contributed by atoms with E-state index in [4.69, 9.17) is 14.6 Å². The van der Waals surface area contributed by atoms with Crippen molar-refractivity contribution < 1.29 is 38.9 Å². The second kappa shape index (κ2) is 13.0. The predicted molar refractivity (Wildman–Crippen MR) is 146 cm³/mol. The molecular formula is C32H26O8. The van der Waals surface area contributed by atoms with Crippen LogP contribution in [0.4, 0.5) is 0 Å². The van der Waals surface area contributed by atoms with Gasteiger partial charge in [0.25, 0.3) is 0 Å². The van der Waals surface area contributed by atoms with Gasteiger partial charge in [-0.25, -0.2) is 9.59 Å². The highest BCUT2D eigenvalue weighted by Crippen LogP contribution is 2.31. The molecule has 40 heavy (non-hydrogen) atoms. The SMILES string of the molecule is O=C(O)COc1ccc(C(=O)C(=O)c2ccc(OCC(=O)O)c(Cc3ccccc3)c2Cc2ccccc2)cc1. The zero-order chi connectivity index (χ0) is 28.5. The molecule has 0 aliphatic heterocycles. The molecule has 4 rings (SSSR count). The number of Topliss-reactive ketones (excluding diaryl/α,β-unsaturated/α-hetero) is 2. The lowest BCUT2D eigenvalue weighted by Crippen LogP contribution is -2.19. The maximum Gasteiger partial charge on any atom is 0.341 e. The van der Waals surface area contributed by atoms with Crippen molar-refractivity contribution in [3.05, 3.63) is 130 Å². The highest BCUT2D eigenvalue weighted by molar-refractivity contribution is 6.49. The van der Waals surface area contributed by atoms with Crippen LogP contribution >= 0.6 is 0 Å². The first kappa shape index (κ1) is 27.8. The number of carbonyl (C=O) groups excluding carboxylic acids is 2. The van der Waals surface area contributed by atoms with Crippen LogP contribution in [0.3, 0.4) is 0 Å². The van der Waals surface area contributed by atoms with Crippen molar-refractivity contribution >= 4 is 23.5 Å². The van der Waals surface area contributed by atoms with Gasteiger partial charge in [-0.05, 0) is 59.5 Å². The minimum atomic E-state index is -1.14. The molecule has 0 atom stereocenters. The summed E-state index contributed by atoms with van der Waals surface area (Å²) < 4.78 is 10.7. The van der Waals surface area contributed by atoms with Crippen LogP contribution in [0.25, 0.3) is 0 Å². The van der Waals surface area contributed by atoms with Crippen molar-refractivity contribution in [3.8, 4) is 11.5 Å². The van der Waals surface area contributed by atoms with E-state index in [-0.39, 0.29) is 16.9 Å². The van der Waals surface area contributed by atoms with Gasteiger partial charge in [-0.2, -0.15) is 0 Å². The number of ether oxygens (including phenoxy) is 2. The topological polar surface area (TPSA) is 127 Å². The Hall–Kier alpha value is -5.24. The van der Waals surface area contributed by atoms with E-state index >= 15 is 0 Å². The number of benzene rings is 4. The van der Waals surface area contributed by atoms with E-state index in [1.807, 2.05) is 60.7 Å². The van der Waals surface area contributed by atoms with Crippen LogP contribution in [-0.2, 0) is 22.4 Å². The Morgan fingerprint density at radius 1 is 0.550 bits per heavy atom. The summed E-state index contributed by atoms with van der Waals surface area (Å²) in [4.78, 5) is 49.0. The molecule has 0 amide bonds. The number of carbonyl (C=O) groups is 4. The number of carboxylic acids is 2. The third kappa shape index (κ3) is 7.20. The first-order valence-electron chi connectivity index (χ1n) is 12.4. The fraction of sp³-hybridized carbons (Fsp3) is 0.125. The molecule has 0 unspecified atom stereocenters. The summed E-state index contributed by atoms with van der Waals surface area (Å²) in [6, 6.07) is 27.6. The minimum Gasteiger partial charge on any atom is -0.482 e. The predicted octanol–water partition coefficient (Wildman–Crippen LogP) is 4.86. The Labute approximate surface area is 230 Å². The summed E-state index contributed by atoms with van der Waals surface area (Å²) in [5.41, 5.74) is 3.31. The van der Waals surface area contributed by atoms with E-state index < -0.39 is 36.7 Å². The first-order chi connectivity index (χ1) is 19.3. The lowest BCUT2D eigenvalue weighted by Gasteiger charge is -2.19. The average Bonchev–Trinajstić information content (AvgIpc) is 2.96. The lowest BCUT2D eigenvalue weighted by atomic mass is 9.87. The summed E-state index contributed by atoms with van der Waals surface area (Å²) in [5.74, 6) is -3.18. The number of aliphatic carboxylic acids is 2. The van der Waals surface area contributed by atoms with Crippen molar-refractivity contribution in [3.63, 3.8) is 0 Å². The minimum absolute atomic E-state index is 0.120. The van der Waals surface area contributed by atoms with Crippen LogP contribution in [0.5, 0.6) is 11.5 Å². The van der Waals surface area contributed by atoms with Gasteiger partial charge in [0, 0.05) is 23.1 Å². The van der Waals surface area contributed by atoms with Gasteiger partial charge in [-0.15, -0.1) is 0 Å². The molecule has 0 spiro atoms. The van der Waals surface area contributed by atoms with E-state index in [0.29, 0.717) is 29.7 Å².